The lowest BCUT2D eigenvalue weighted by Crippen LogP contribution is -2.31. The number of hydrogen-bond acceptors (Lipinski definition) is 8. The highest BCUT2D eigenvalue weighted by Gasteiger charge is 2.21. The van der Waals surface area contributed by atoms with E-state index in [0.29, 0.717) is 42.9 Å². The molecular formula is C29H33N3O8S. The van der Waals surface area contributed by atoms with Crippen molar-refractivity contribution in [2.75, 3.05) is 20.8 Å². The summed E-state index contributed by atoms with van der Waals surface area (Å²) in [6.45, 7) is 2.34. The molecule has 0 aliphatic rings. The molecule has 0 aliphatic carbocycles. The van der Waals surface area contributed by atoms with Crippen LogP contribution < -0.4 is 19.5 Å². The minimum atomic E-state index is -4.27. The third-order valence-electron chi connectivity index (χ3n) is 6.28. The number of carboxylic acids is 1. The molecule has 3 rings (SSSR count). The Balaban J connectivity index is 1.63. The van der Waals surface area contributed by atoms with Crippen LogP contribution in [0.4, 0.5) is 0 Å². The summed E-state index contributed by atoms with van der Waals surface area (Å²) in [6.07, 6.45) is 4.47. The summed E-state index contributed by atoms with van der Waals surface area (Å²) < 4.78 is 38.1. The lowest BCUT2D eigenvalue weighted by atomic mass is 10.0. The Labute approximate surface area is 239 Å². The Hall–Kier alpha value is -4.45. The van der Waals surface area contributed by atoms with Crippen molar-refractivity contribution in [2.24, 2.45) is 0 Å². The maximum absolute atomic E-state index is 12.8. The number of rotatable bonds is 14. The van der Waals surface area contributed by atoms with Crippen molar-refractivity contribution in [1.29, 1.82) is 0 Å². The van der Waals surface area contributed by atoms with Crippen LogP contribution in [0.25, 0.3) is 0 Å². The highest BCUT2D eigenvalue weighted by Crippen LogP contribution is 2.27. The molecule has 2 aromatic carbocycles. The third kappa shape index (κ3) is 8.27. The number of carboxylic acid groups (broad SMARTS) is 1. The Bertz CT molecular complexity index is 1500. The SMILES string of the molecule is CCCCCc1cc(C(=O)NS(=O)(=O)c2ccc(C(=O)NCCc3ccc(OC)c(OC)c3)cc2)cnc1C(=O)O. The van der Waals surface area contributed by atoms with E-state index < -0.39 is 27.8 Å². The summed E-state index contributed by atoms with van der Waals surface area (Å²) >= 11 is 0. The van der Waals surface area contributed by atoms with E-state index in [2.05, 4.69) is 10.3 Å². The van der Waals surface area contributed by atoms with Gasteiger partial charge in [-0.1, -0.05) is 25.8 Å². The molecule has 1 aromatic heterocycles. The lowest BCUT2D eigenvalue weighted by Gasteiger charge is -2.11. The van der Waals surface area contributed by atoms with Gasteiger partial charge in [0.1, 0.15) is 0 Å². The molecule has 0 unspecified atom stereocenters. The fraction of sp³-hybridized carbons (Fsp3) is 0.310. The second-order valence-corrected chi connectivity index (χ2v) is 10.8. The average molecular weight is 584 g/mol. The average Bonchev–Trinajstić information content (AvgIpc) is 2.96. The molecular weight excluding hydrogens is 550 g/mol. The molecule has 0 saturated carbocycles. The summed E-state index contributed by atoms with van der Waals surface area (Å²) in [7, 11) is -1.18. The number of ether oxygens (including phenoxy) is 2. The number of nitrogens with zero attached hydrogens (tertiary/aromatic N) is 1. The molecule has 1 heterocycles. The van der Waals surface area contributed by atoms with Gasteiger partial charge in [-0.05, 0) is 72.9 Å². The Morgan fingerprint density at radius 2 is 1.59 bits per heavy atom. The van der Waals surface area contributed by atoms with Crippen LogP contribution in [0.3, 0.4) is 0 Å². The predicted molar refractivity (Wildman–Crippen MR) is 151 cm³/mol. The van der Waals surface area contributed by atoms with Gasteiger partial charge in [0.05, 0.1) is 24.7 Å². The van der Waals surface area contributed by atoms with Gasteiger partial charge >= 0.3 is 5.97 Å². The van der Waals surface area contributed by atoms with E-state index in [4.69, 9.17) is 9.47 Å². The molecule has 3 N–H and O–H groups in total. The number of aromatic carboxylic acids is 1. The first-order valence-electron chi connectivity index (χ1n) is 13.0. The number of methoxy groups -OCH3 is 2. The molecule has 0 fully saturated rings. The van der Waals surface area contributed by atoms with Crippen LogP contribution in [-0.2, 0) is 22.9 Å². The van der Waals surface area contributed by atoms with E-state index in [9.17, 15) is 27.9 Å². The highest BCUT2D eigenvalue weighted by molar-refractivity contribution is 7.90. The van der Waals surface area contributed by atoms with Crippen LogP contribution in [0.5, 0.6) is 11.5 Å². The molecule has 0 atom stereocenters. The van der Waals surface area contributed by atoms with E-state index in [1.54, 1.807) is 20.3 Å². The Morgan fingerprint density at radius 3 is 2.22 bits per heavy atom. The molecule has 3 aromatic rings. The van der Waals surface area contributed by atoms with Gasteiger partial charge in [0.2, 0.25) is 0 Å². The van der Waals surface area contributed by atoms with Gasteiger partial charge in [0.15, 0.2) is 17.2 Å². The Morgan fingerprint density at radius 1 is 0.878 bits per heavy atom. The number of carbonyl (C=O) groups excluding carboxylic acids is 2. The second kappa shape index (κ2) is 14.3. The van der Waals surface area contributed by atoms with Crippen LogP contribution in [0.1, 0.15) is 68.5 Å². The van der Waals surface area contributed by atoms with Gasteiger partial charge in [-0.3, -0.25) is 9.59 Å². The summed E-state index contributed by atoms with van der Waals surface area (Å²) in [4.78, 5) is 40.4. The van der Waals surface area contributed by atoms with Crippen molar-refractivity contribution in [1.82, 2.24) is 15.0 Å². The van der Waals surface area contributed by atoms with Crippen LogP contribution in [0, 0.1) is 0 Å². The number of aromatic nitrogens is 1. The fourth-order valence-corrected chi connectivity index (χ4v) is 5.04. The molecule has 12 heteroatoms. The molecule has 41 heavy (non-hydrogen) atoms. The second-order valence-electron chi connectivity index (χ2n) is 9.15. The van der Waals surface area contributed by atoms with Crippen molar-refractivity contribution in [3.8, 4) is 11.5 Å². The topological polar surface area (TPSA) is 161 Å². The third-order valence-corrected chi connectivity index (χ3v) is 7.63. The summed E-state index contributed by atoms with van der Waals surface area (Å²) in [5.74, 6) is -1.37. The van der Waals surface area contributed by atoms with Crippen LogP contribution in [0.2, 0.25) is 0 Å². The van der Waals surface area contributed by atoms with Gasteiger partial charge < -0.3 is 19.9 Å². The number of amides is 2. The van der Waals surface area contributed by atoms with Gasteiger partial charge in [-0.15, -0.1) is 0 Å². The predicted octanol–water partition coefficient (Wildman–Crippen LogP) is 3.62. The minimum Gasteiger partial charge on any atom is -0.493 e. The van der Waals surface area contributed by atoms with E-state index in [-0.39, 0.29) is 21.7 Å². The van der Waals surface area contributed by atoms with Gasteiger partial charge in [0.25, 0.3) is 21.8 Å². The van der Waals surface area contributed by atoms with Crippen LogP contribution >= 0.6 is 0 Å². The lowest BCUT2D eigenvalue weighted by molar-refractivity contribution is 0.0688. The minimum absolute atomic E-state index is 0.0736. The van der Waals surface area contributed by atoms with E-state index in [1.165, 1.54) is 30.3 Å². The first-order chi connectivity index (χ1) is 19.6. The molecule has 0 spiro atoms. The quantitative estimate of drug-likeness (QED) is 0.241. The van der Waals surface area contributed by atoms with Crippen LogP contribution in [0.15, 0.2) is 59.6 Å². The largest absolute Gasteiger partial charge is 0.493 e. The fourth-order valence-electron chi connectivity index (χ4n) is 4.07. The van der Waals surface area contributed by atoms with Crippen LogP contribution in [-0.4, -0.2) is 57.1 Å². The number of pyridine rings is 1. The molecule has 2 amide bonds. The number of benzene rings is 2. The normalized spacial score (nSPS) is 11.0. The van der Waals surface area contributed by atoms with E-state index in [1.807, 2.05) is 23.8 Å². The molecule has 0 aliphatic heterocycles. The zero-order chi connectivity index (χ0) is 30.0. The standard InChI is InChI=1S/C29H33N3O8S/c1-4-5-6-7-21-17-22(18-31-26(21)29(35)36)28(34)32-41(37,38)23-11-9-20(10-12-23)27(33)30-15-14-19-8-13-24(39-2)25(16-19)40-3/h8-13,16-18H,4-7,14-15H2,1-3H3,(H,30,33)(H,32,34)(H,35,36). The smallest absolute Gasteiger partial charge is 0.354 e. The monoisotopic (exact) mass is 583 g/mol. The van der Waals surface area contributed by atoms with Crippen molar-refractivity contribution < 1.29 is 37.4 Å². The zero-order valence-electron chi connectivity index (χ0n) is 23.1. The Kier molecular flexibility index (Phi) is 10.8. The number of carbonyl (C=O) groups is 3. The first kappa shape index (κ1) is 31.1. The molecule has 0 bridgehead atoms. The summed E-state index contributed by atoms with van der Waals surface area (Å²) in [6, 6.07) is 12.0. The number of unbranched alkanes of at least 4 members (excludes halogenated alkanes) is 2. The number of sulfonamides is 1. The van der Waals surface area contributed by atoms with Crippen molar-refractivity contribution in [2.45, 2.75) is 43.9 Å². The number of nitrogens with one attached hydrogen (secondary N) is 2. The van der Waals surface area contributed by atoms with E-state index >= 15 is 0 Å². The molecule has 0 saturated heterocycles. The van der Waals surface area contributed by atoms with Gasteiger partial charge in [0, 0.05) is 18.3 Å². The van der Waals surface area contributed by atoms with E-state index in [0.717, 1.165) is 24.6 Å². The molecule has 218 valence electrons. The van der Waals surface area contributed by atoms with Crippen molar-refractivity contribution >= 4 is 27.8 Å². The first-order valence-corrected chi connectivity index (χ1v) is 14.5. The van der Waals surface area contributed by atoms with Crippen molar-refractivity contribution in [3.05, 3.63) is 82.7 Å². The van der Waals surface area contributed by atoms with Crippen molar-refractivity contribution in [3.63, 3.8) is 0 Å². The highest BCUT2D eigenvalue weighted by atomic mass is 32.2. The maximum atomic E-state index is 12.8. The van der Waals surface area contributed by atoms with Gasteiger partial charge in [-0.2, -0.15) is 0 Å². The molecule has 0 radical (unpaired) electrons. The molecule has 11 nitrogen and oxygen atoms in total. The zero-order valence-corrected chi connectivity index (χ0v) is 23.9. The maximum Gasteiger partial charge on any atom is 0.354 e. The number of hydrogen-bond donors (Lipinski definition) is 3. The summed E-state index contributed by atoms with van der Waals surface area (Å²) in [5.41, 5.74) is 1.29. The summed E-state index contributed by atoms with van der Waals surface area (Å²) in [5, 5.41) is 12.2. The van der Waals surface area contributed by atoms with Gasteiger partial charge in [-0.25, -0.2) is 22.9 Å². The number of aryl methyl sites for hydroxylation is 1.